The molecule has 5 nitrogen and oxygen atoms in total. The first-order valence-electron chi connectivity index (χ1n) is 7.88. The van der Waals surface area contributed by atoms with Gasteiger partial charge in [0.2, 0.25) is 11.8 Å². The third-order valence-electron chi connectivity index (χ3n) is 4.49. The topological polar surface area (TPSA) is 58.6 Å². The van der Waals surface area contributed by atoms with Crippen LogP contribution in [0.3, 0.4) is 0 Å². The number of benzene rings is 1. The number of hydrogen-bond acceptors (Lipinski definition) is 3. The van der Waals surface area contributed by atoms with Gasteiger partial charge in [-0.15, -0.1) is 0 Å². The van der Waals surface area contributed by atoms with Crippen LogP contribution in [0, 0.1) is 5.92 Å². The van der Waals surface area contributed by atoms with Crippen molar-refractivity contribution in [3.63, 3.8) is 0 Å². The van der Waals surface area contributed by atoms with Crippen LogP contribution in [0.1, 0.15) is 24.0 Å². The van der Waals surface area contributed by atoms with Gasteiger partial charge in [0.25, 0.3) is 0 Å². The summed E-state index contributed by atoms with van der Waals surface area (Å²) < 4.78 is 4.92. The molecule has 1 aliphatic heterocycles. The molecule has 1 atom stereocenters. The molecule has 5 heteroatoms. The Morgan fingerprint density at radius 3 is 3.00 bits per heavy atom. The minimum absolute atomic E-state index is 0.0323. The van der Waals surface area contributed by atoms with E-state index in [1.54, 1.807) is 12.0 Å². The van der Waals surface area contributed by atoms with Gasteiger partial charge in [-0.25, -0.2) is 0 Å². The molecule has 1 N–H and O–H groups in total. The first-order valence-corrected chi connectivity index (χ1v) is 7.88. The molecule has 1 fully saturated rings. The third kappa shape index (κ3) is 2.99. The molecule has 2 aliphatic rings. The van der Waals surface area contributed by atoms with E-state index in [4.69, 9.17) is 4.74 Å². The molecule has 1 aromatic carbocycles. The summed E-state index contributed by atoms with van der Waals surface area (Å²) in [4.78, 5) is 26.1. The van der Waals surface area contributed by atoms with Crippen molar-refractivity contribution in [2.75, 3.05) is 31.7 Å². The van der Waals surface area contributed by atoms with Crippen molar-refractivity contribution in [1.29, 1.82) is 0 Å². The van der Waals surface area contributed by atoms with E-state index in [2.05, 4.69) is 17.4 Å². The molecular weight excluding hydrogens is 280 g/mol. The highest BCUT2D eigenvalue weighted by atomic mass is 16.5. The molecule has 0 aromatic heterocycles. The number of ether oxygens (including phenoxy) is 1. The molecule has 0 bridgehead atoms. The molecule has 2 amide bonds. The molecule has 3 rings (SSSR count). The fourth-order valence-electron chi connectivity index (χ4n) is 3.28. The molecule has 0 spiro atoms. The normalized spacial score (nSPS) is 20.3. The Morgan fingerprint density at radius 2 is 2.18 bits per heavy atom. The van der Waals surface area contributed by atoms with Gasteiger partial charge in [-0.2, -0.15) is 0 Å². The van der Waals surface area contributed by atoms with E-state index in [1.807, 2.05) is 6.07 Å². The molecule has 1 heterocycles. The molecule has 1 aromatic rings. The molecule has 118 valence electrons. The van der Waals surface area contributed by atoms with Crippen LogP contribution in [-0.2, 0) is 27.2 Å². The summed E-state index contributed by atoms with van der Waals surface area (Å²) in [6, 6.07) is 6.25. The van der Waals surface area contributed by atoms with Crippen molar-refractivity contribution in [3.8, 4) is 0 Å². The summed E-state index contributed by atoms with van der Waals surface area (Å²) in [5.74, 6) is -0.295. The standard InChI is InChI=1S/C17H22N2O3/c1-22-8-7-18-17(21)14-10-16(20)19(11-14)15-6-5-12-3-2-4-13(12)9-15/h5-6,9,14H,2-4,7-8,10-11H2,1H3,(H,18,21). The van der Waals surface area contributed by atoms with Crippen molar-refractivity contribution < 1.29 is 14.3 Å². The first kappa shape index (κ1) is 15.0. The van der Waals surface area contributed by atoms with Crippen LogP contribution in [0.4, 0.5) is 5.69 Å². The van der Waals surface area contributed by atoms with Gasteiger partial charge in [0.1, 0.15) is 0 Å². The van der Waals surface area contributed by atoms with Crippen LogP contribution in [-0.4, -0.2) is 38.6 Å². The minimum Gasteiger partial charge on any atom is -0.383 e. The fraction of sp³-hybridized carbons (Fsp3) is 0.529. The Labute approximate surface area is 130 Å². The number of aryl methyl sites for hydroxylation is 2. The summed E-state index contributed by atoms with van der Waals surface area (Å²) in [5.41, 5.74) is 3.67. The summed E-state index contributed by atoms with van der Waals surface area (Å²) in [6.07, 6.45) is 3.70. The molecule has 0 saturated carbocycles. The quantitative estimate of drug-likeness (QED) is 0.834. The second kappa shape index (κ2) is 6.48. The van der Waals surface area contributed by atoms with E-state index in [0.717, 1.165) is 18.5 Å². The van der Waals surface area contributed by atoms with Crippen molar-refractivity contribution in [2.45, 2.75) is 25.7 Å². The molecular formula is C17H22N2O3. The van der Waals surface area contributed by atoms with E-state index >= 15 is 0 Å². The average Bonchev–Trinajstić information content (AvgIpc) is 3.12. The van der Waals surface area contributed by atoms with Crippen LogP contribution < -0.4 is 10.2 Å². The Kier molecular flexibility index (Phi) is 4.43. The van der Waals surface area contributed by atoms with Crippen LogP contribution in [0.15, 0.2) is 18.2 Å². The monoisotopic (exact) mass is 302 g/mol. The maximum absolute atomic E-state index is 12.2. The molecule has 1 unspecified atom stereocenters. The lowest BCUT2D eigenvalue weighted by atomic mass is 10.1. The summed E-state index contributed by atoms with van der Waals surface area (Å²) in [5, 5.41) is 2.82. The van der Waals surface area contributed by atoms with Crippen LogP contribution in [0.2, 0.25) is 0 Å². The van der Waals surface area contributed by atoms with E-state index < -0.39 is 0 Å². The second-order valence-electron chi connectivity index (χ2n) is 6.00. The summed E-state index contributed by atoms with van der Waals surface area (Å²) >= 11 is 0. The number of hydrogen-bond donors (Lipinski definition) is 1. The Balaban J connectivity index is 1.66. The van der Waals surface area contributed by atoms with Crippen LogP contribution in [0.5, 0.6) is 0 Å². The van der Waals surface area contributed by atoms with Gasteiger partial charge in [0.05, 0.1) is 12.5 Å². The van der Waals surface area contributed by atoms with E-state index in [0.29, 0.717) is 19.7 Å². The predicted octanol–water partition coefficient (Wildman–Crippen LogP) is 1.29. The zero-order valence-corrected chi connectivity index (χ0v) is 12.9. The highest BCUT2D eigenvalue weighted by Crippen LogP contribution is 2.30. The zero-order valence-electron chi connectivity index (χ0n) is 12.9. The molecule has 22 heavy (non-hydrogen) atoms. The smallest absolute Gasteiger partial charge is 0.227 e. The number of nitrogens with one attached hydrogen (secondary N) is 1. The Hall–Kier alpha value is -1.88. The van der Waals surface area contributed by atoms with Gasteiger partial charge in [-0.3, -0.25) is 9.59 Å². The molecule has 1 saturated heterocycles. The van der Waals surface area contributed by atoms with Gasteiger partial charge in [-0.05, 0) is 42.5 Å². The number of rotatable bonds is 5. The fourth-order valence-corrected chi connectivity index (χ4v) is 3.28. The number of methoxy groups -OCH3 is 1. The van der Waals surface area contributed by atoms with E-state index in [-0.39, 0.29) is 24.2 Å². The number of carbonyl (C=O) groups is 2. The van der Waals surface area contributed by atoms with Crippen molar-refractivity contribution in [1.82, 2.24) is 5.32 Å². The SMILES string of the molecule is COCCNC(=O)C1CC(=O)N(c2ccc3c(c2)CCC3)C1. The van der Waals surface area contributed by atoms with Crippen LogP contribution in [0.25, 0.3) is 0 Å². The highest BCUT2D eigenvalue weighted by Gasteiger charge is 2.35. The van der Waals surface area contributed by atoms with Gasteiger partial charge >= 0.3 is 0 Å². The number of anilines is 1. The zero-order chi connectivity index (χ0) is 15.5. The number of amides is 2. The third-order valence-corrected chi connectivity index (χ3v) is 4.49. The maximum Gasteiger partial charge on any atom is 0.227 e. The summed E-state index contributed by atoms with van der Waals surface area (Å²) in [7, 11) is 1.60. The lowest BCUT2D eigenvalue weighted by Gasteiger charge is -2.18. The first-order chi connectivity index (χ1) is 10.7. The number of nitrogens with zero attached hydrogens (tertiary/aromatic N) is 1. The Bertz CT molecular complexity index is 585. The van der Waals surface area contributed by atoms with Crippen molar-refractivity contribution in [3.05, 3.63) is 29.3 Å². The van der Waals surface area contributed by atoms with Gasteiger partial charge in [-0.1, -0.05) is 6.07 Å². The molecule has 0 radical (unpaired) electrons. The number of carbonyl (C=O) groups excluding carboxylic acids is 2. The lowest BCUT2D eigenvalue weighted by molar-refractivity contribution is -0.126. The number of fused-ring (bicyclic) bond motifs is 1. The summed E-state index contributed by atoms with van der Waals surface area (Å²) in [6.45, 7) is 1.44. The van der Waals surface area contributed by atoms with Gasteiger partial charge in [0.15, 0.2) is 0 Å². The van der Waals surface area contributed by atoms with Gasteiger partial charge in [0, 0.05) is 32.3 Å². The van der Waals surface area contributed by atoms with E-state index in [1.165, 1.54) is 17.5 Å². The largest absolute Gasteiger partial charge is 0.383 e. The predicted molar refractivity (Wildman–Crippen MR) is 83.8 cm³/mol. The maximum atomic E-state index is 12.2. The highest BCUT2D eigenvalue weighted by molar-refractivity contribution is 6.00. The average molecular weight is 302 g/mol. The van der Waals surface area contributed by atoms with Crippen molar-refractivity contribution >= 4 is 17.5 Å². The minimum atomic E-state index is -0.266. The van der Waals surface area contributed by atoms with E-state index in [9.17, 15) is 9.59 Å². The van der Waals surface area contributed by atoms with Crippen LogP contribution >= 0.6 is 0 Å². The molecule has 1 aliphatic carbocycles. The Morgan fingerprint density at radius 1 is 1.36 bits per heavy atom. The lowest BCUT2D eigenvalue weighted by Crippen LogP contribution is -2.34. The van der Waals surface area contributed by atoms with Gasteiger partial charge < -0.3 is 15.0 Å². The second-order valence-corrected chi connectivity index (χ2v) is 6.00. The van der Waals surface area contributed by atoms with Crippen molar-refractivity contribution in [2.24, 2.45) is 5.92 Å².